The third kappa shape index (κ3) is 6.65. The third-order valence-corrected chi connectivity index (χ3v) is 7.72. The topological polar surface area (TPSA) is 86.8 Å². The van der Waals surface area contributed by atoms with Crippen LogP contribution in [0.5, 0.6) is 0 Å². The van der Waals surface area contributed by atoms with Crippen LogP contribution in [0.3, 0.4) is 0 Å². The summed E-state index contributed by atoms with van der Waals surface area (Å²) in [5.41, 5.74) is 2.14. The lowest BCUT2D eigenvalue weighted by Gasteiger charge is -2.32. The van der Waals surface area contributed by atoms with Crippen LogP contribution in [0, 0.1) is 6.92 Å². The van der Waals surface area contributed by atoms with E-state index in [0.29, 0.717) is 11.6 Å². The van der Waals surface area contributed by atoms with Gasteiger partial charge in [0.1, 0.15) is 12.6 Å². The number of sulfonamides is 1. The summed E-state index contributed by atoms with van der Waals surface area (Å²) >= 11 is 6.16. The molecule has 9 heteroatoms. The first-order valence-corrected chi connectivity index (χ1v) is 13.4. The molecule has 36 heavy (non-hydrogen) atoms. The van der Waals surface area contributed by atoms with Crippen molar-refractivity contribution >= 4 is 39.1 Å². The number of amides is 2. The molecule has 0 spiro atoms. The van der Waals surface area contributed by atoms with E-state index >= 15 is 0 Å². The van der Waals surface area contributed by atoms with Gasteiger partial charge in [0.05, 0.1) is 10.6 Å². The Morgan fingerprint density at radius 1 is 0.972 bits per heavy atom. The number of rotatable bonds is 10. The molecule has 0 aromatic heterocycles. The van der Waals surface area contributed by atoms with Crippen LogP contribution in [-0.2, 0) is 26.2 Å². The highest BCUT2D eigenvalue weighted by atomic mass is 35.5. The maximum absolute atomic E-state index is 13.7. The van der Waals surface area contributed by atoms with Gasteiger partial charge in [-0.2, -0.15) is 0 Å². The van der Waals surface area contributed by atoms with E-state index in [0.717, 1.165) is 15.4 Å². The molecule has 3 aromatic rings. The lowest BCUT2D eigenvalue weighted by atomic mass is 10.1. The Hall–Kier alpha value is -3.36. The first-order chi connectivity index (χ1) is 17.1. The fraction of sp³-hybridized carbons (Fsp3) is 0.259. The summed E-state index contributed by atoms with van der Waals surface area (Å²) in [7, 11) is -4.11. The Kier molecular flexibility index (Phi) is 9.12. The van der Waals surface area contributed by atoms with Crippen molar-refractivity contribution in [1.82, 2.24) is 10.2 Å². The lowest BCUT2D eigenvalue weighted by Crippen LogP contribution is -2.51. The molecule has 0 heterocycles. The van der Waals surface area contributed by atoms with Gasteiger partial charge < -0.3 is 10.2 Å². The van der Waals surface area contributed by atoms with Crippen molar-refractivity contribution in [3.8, 4) is 0 Å². The van der Waals surface area contributed by atoms with Gasteiger partial charge in [0.2, 0.25) is 11.8 Å². The summed E-state index contributed by atoms with van der Waals surface area (Å²) in [6.45, 7) is 5.43. The van der Waals surface area contributed by atoms with Crippen molar-refractivity contribution in [3.63, 3.8) is 0 Å². The van der Waals surface area contributed by atoms with Gasteiger partial charge in [-0.15, -0.1) is 0 Å². The van der Waals surface area contributed by atoms with Crippen LogP contribution in [0.4, 0.5) is 5.69 Å². The predicted molar refractivity (Wildman–Crippen MR) is 142 cm³/mol. The molecular weight excluding hydrogens is 498 g/mol. The predicted octanol–water partition coefficient (Wildman–Crippen LogP) is 4.40. The van der Waals surface area contributed by atoms with Gasteiger partial charge in [-0.05, 0) is 56.7 Å². The van der Waals surface area contributed by atoms with Crippen LogP contribution in [0.1, 0.15) is 25.0 Å². The smallest absolute Gasteiger partial charge is 0.264 e. The summed E-state index contributed by atoms with van der Waals surface area (Å²) in [6.07, 6.45) is 0. The normalized spacial score (nSPS) is 12.0. The molecule has 0 bridgehead atoms. The highest BCUT2D eigenvalue weighted by Gasteiger charge is 2.32. The largest absolute Gasteiger partial charge is 0.355 e. The molecule has 1 N–H and O–H groups in total. The molecule has 0 saturated heterocycles. The lowest BCUT2D eigenvalue weighted by molar-refractivity contribution is -0.139. The second-order valence-corrected chi connectivity index (χ2v) is 10.7. The zero-order valence-electron chi connectivity index (χ0n) is 20.5. The van der Waals surface area contributed by atoms with E-state index in [1.807, 2.05) is 31.2 Å². The van der Waals surface area contributed by atoms with Gasteiger partial charge in [-0.1, -0.05) is 65.7 Å². The second-order valence-electron chi connectivity index (χ2n) is 8.38. The van der Waals surface area contributed by atoms with E-state index in [2.05, 4.69) is 5.32 Å². The Labute approximate surface area is 217 Å². The molecule has 0 aliphatic heterocycles. The standard InChI is InChI=1S/C27H30ClN3O4S/c1-4-29-27(33)21(3)30(18-22-15-13-20(2)14-16-22)26(32)19-31(24-10-8-9-23(28)17-24)36(34,35)25-11-6-5-7-12-25/h5-17,21H,4,18-19H2,1-3H3,(H,29,33)/t21-/m0/s1. The quantitative estimate of drug-likeness (QED) is 0.423. The van der Waals surface area contributed by atoms with Gasteiger partial charge in [-0.3, -0.25) is 13.9 Å². The van der Waals surface area contributed by atoms with E-state index in [4.69, 9.17) is 11.6 Å². The Balaban J connectivity index is 2.01. The van der Waals surface area contributed by atoms with E-state index < -0.39 is 28.5 Å². The number of carbonyl (C=O) groups is 2. The van der Waals surface area contributed by atoms with E-state index in [1.54, 1.807) is 50.2 Å². The Morgan fingerprint density at radius 2 is 1.64 bits per heavy atom. The fourth-order valence-corrected chi connectivity index (χ4v) is 5.29. The molecule has 0 radical (unpaired) electrons. The first-order valence-electron chi connectivity index (χ1n) is 11.6. The summed E-state index contributed by atoms with van der Waals surface area (Å²) in [4.78, 5) is 27.9. The molecule has 190 valence electrons. The number of nitrogens with one attached hydrogen (secondary N) is 1. The summed E-state index contributed by atoms with van der Waals surface area (Å²) in [5, 5.41) is 3.08. The highest BCUT2D eigenvalue weighted by Crippen LogP contribution is 2.26. The average Bonchev–Trinajstić information content (AvgIpc) is 2.87. The number of benzene rings is 3. The number of hydrogen-bond donors (Lipinski definition) is 1. The summed E-state index contributed by atoms with van der Waals surface area (Å²) in [5.74, 6) is -0.841. The summed E-state index contributed by atoms with van der Waals surface area (Å²) < 4.78 is 28.3. The van der Waals surface area contributed by atoms with Gasteiger partial charge in [0.25, 0.3) is 10.0 Å². The maximum Gasteiger partial charge on any atom is 0.264 e. The Morgan fingerprint density at radius 3 is 2.25 bits per heavy atom. The molecule has 0 fully saturated rings. The number of hydrogen-bond acceptors (Lipinski definition) is 4. The minimum Gasteiger partial charge on any atom is -0.355 e. The molecule has 0 aliphatic carbocycles. The minimum atomic E-state index is -4.11. The van der Waals surface area contributed by atoms with E-state index in [9.17, 15) is 18.0 Å². The van der Waals surface area contributed by atoms with Crippen molar-refractivity contribution in [2.75, 3.05) is 17.4 Å². The van der Waals surface area contributed by atoms with Crippen molar-refractivity contribution in [2.45, 2.75) is 38.3 Å². The Bertz CT molecular complexity index is 1300. The number of carbonyl (C=O) groups excluding carboxylic acids is 2. The number of nitrogens with zero attached hydrogens (tertiary/aromatic N) is 2. The van der Waals surface area contributed by atoms with Gasteiger partial charge in [0, 0.05) is 18.1 Å². The first kappa shape index (κ1) is 27.2. The molecule has 0 aliphatic rings. The fourth-order valence-electron chi connectivity index (χ4n) is 3.67. The van der Waals surface area contributed by atoms with Crippen molar-refractivity contribution in [3.05, 3.63) is 95.0 Å². The molecule has 2 amide bonds. The maximum atomic E-state index is 13.7. The number of halogens is 1. The van der Waals surface area contributed by atoms with Crippen LogP contribution in [0.15, 0.2) is 83.8 Å². The zero-order chi connectivity index (χ0) is 26.3. The molecular formula is C27H30ClN3O4S. The van der Waals surface area contributed by atoms with Crippen molar-refractivity contribution in [1.29, 1.82) is 0 Å². The molecule has 7 nitrogen and oxygen atoms in total. The molecule has 3 aromatic carbocycles. The van der Waals surface area contributed by atoms with Crippen molar-refractivity contribution < 1.29 is 18.0 Å². The number of likely N-dealkylation sites (N-methyl/N-ethyl adjacent to an activating group) is 1. The summed E-state index contributed by atoms with van der Waals surface area (Å²) in [6, 6.07) is 21.0. The molecule has 3 rings (SSSR count). The van der Waals surface area contributed by atoms with Crippen molar-refractivity contribution in [2.24, 2.45) is 0 Å². The van der Waals surface area contributed by atoms with Crippen LogP contribution in [0.25, 0.3) is 0 Å². The molecule has 0 unspecified atom stereocenters. The van der Waals surface area contributed by atoms with E-state index in [-0.39, 0.29) is 23.0 Å². The number of anilines is 1. The van der Waals surface area contributed by atoms with Gasteiger partial charge >= 0.3 is 0 Å². The van der Waals surface area contributed by atoms with Crippen LogP contribution < -0.4 is 9.62 Å². The number of aryl methyl sites for hydroxylation is 1. The van der Waals surface area contributed by atoms with Crippen LogP contribution in [0.2, 0.25) is 5.02 Å². The van der Waals surface area contributed by atoms with Crippen LogP contribution >= 0.6 is 11.6 Å². The van der Waals surface area contributed by atoms with Crippen LogP contribution in [-0.4, -0.2) is 44.3 Å². The van der Waals surface area contributed by atoms with Gasteiger partial charge in [-0.25, -0.2) is 8.42 Å². The third-order valence-electron chi connectivity index (χ3n) is 5.70. The highest BCUT2D eigenvalue weighted by molar-refractivity contribution is 7.92. The molecule has 1 atom stereocenters. The molecule has 0 saturated carbocycles. The zero-order valence-corrected chi connectivity index (χ0v) is 22.1. The van der Waals surface area contributed by atoms with Gasteiger partial charge in [0.15, 0.2) is 0 Å². The SMILES string of the molecule is CCNC(=O)[C@H](C)N(Cc1ccc(C)cc1)C(=O)CN(c1cccc(Cl)c1)S(=O)(=O)c1ccccc1. The average molecular weight is 528 g/mol. The monoisotopic (exact) mass is 527 g/mol. The second kappa shape index (κ2) is 12.1. The minimum absolute atomic E-state index is 0.0413. The van der Waals surface area contributed by atoms with E-state index in [1.165, 1.54) is 23.1 Å².